The highest BCUT2D eigenvalue weighted by Crippen LogP contribution is 2.37. The number of para-hydroxylation sites is 1. The highest BCUT2D eigenvalue weighted by atomic mass is 35.5. The van der Waals surface area contributed by atoms with Crippen molar-refractivity contribution in [2.45, 2.75) is 50.7 Å². The van der Waals surface area contributed by atoms with Gasteiger partial charge in [-0.15, -0.1) is 5.06 Å². The zero-order valence-corrected chi connectivity index (χ0v) is 28.3. The first-order chi connectivity index (χ1) is 23.2. The number of likely N-dealkylation sites (tertiary alicyclic amines) is 1. The van der Waals surface area contributed by atoms with Crippen molar-refractivity contribution in [3.05, 3.63) is 64.8 Å². The molecule has 2 N–H and O–H groups in total. The molecule has 0 saturated carbocycles. The first-order valence-corrected chi connectivity index (χ1v) is 16.6. The second-order valence-electron chi connectivity index (χ2n) is 12.8. The van der Waals surface area contributed by atoms with Crippen LogP contribution in [0, 0.1) is 5.92 Å². The minimum absolute atomic E-state index is 0.0130. The van der Waals surface area contributed by atoms with Crippen LogP contribution in [0.5, 0.6) is 0 Å². The number of carbonyl (C=O) groups is 4. The summed E-state index contributed by atoms with van der Waals surface area (Å²) in [6.07, 6.45) is -1.79. The van der Waals surface area contributed by atoms with Crippen LogP contribution in [-0.2, 0) is 25.6 Å². The van der Waals surface area contributed by atoms with Crippen LogP contribution < -0.4 is 10.2 Å². The Balaban J connectivity index is 1.54. The van der Waals surface area contributed by atoms with E-state index >= 15 is 0 Å². The van der Waals surface area contributed by atoms with E-state index in [2.05, 4.69) is 10.3 Å². The highest BCUT2D eigenvalue weighted by Gasteiger charge is 2.48. The Labute approximate surface area is 287 Å². The fourth-order valence-corrected chi connectivity index (χ4v) is 6.92. The number of hydroxylamine groups is 2. The Hall–Kier alpha value is -4.30. The van der Waals surface area contributed by atoms with Gasteiger partial charge in [-0.3, -0.25) is 9.59 Å². The minimum Gasteiger partial charge on any atom is -0.361 e. The summed E-state index contributed by atoms with van der Waals surface area (Å²) in [5.74, 6) is -4.45. The van der Waals surface area contributed by atoms with Gasteiger partial charge in [0.1, 0.15) is 0 Å². The molecule has 3 aromatic rings. The van der Waals surface area contributed by atoms with Gasteiger partial charge < -0.3 is 29.8 Å². The predicted octanol–water partition coefficient (Wildman–Crippen LogP) is 5.11. The van der Waals surface area contributed by atoms with E-state index in [1.807, 2.05) is 19.0 Å². The fraction of sp³-hybridized carbons (Fsp3) is 0.471. The average Bonchev–Trinajstić information content (AvgIpc) is 3.66. The summed E-state index contributed by atoms with van der Waals surface area (Å²) >= 11 is 6.33. The summed E-state index contributed by atoms with van der Waals surface area (Å²) in [6, 6.07) is 9.27. The number of aromatic amines is 1. The Bertz CT molecular complexity index is 1700. The largest absolute Gasteiger partial charge is 0.493 e. The molecular formula is C34H40ClF3N6O5. The van der Waals surface area contributed by atoms with E-state index in [-0.39, 0.29) is 30.0 Å². The monoisotopic (exact) mass is 704 g/mol. The summed E-state index contributed by atoms with van der Waals surface area (Å²) in [7, 11) is 3.79. The molecule has 2 unspecified atom stereocenters. The highest BCUT2D eigenvalue weighted by molar-refractivity contribution is 6.30. The van der Waals surface area contributed by atoms with Crippen molar-refractivity contribution in [3.8, 4) is 0 Å². The van der Waals surface area contributed by atoms with Crippen LogP contribution in [0.4, 0.5) is 23.7 Å². The first-order valence-electron chi connectivity index (χ1n) is 16.2. The van der Waals surface area contributed by atoms with Crippen LogP contribution >= 0.6 is 11.6 Å². The average molecular weight is 705 g/mol. The molecule has 2 aromatic carbocycles. The molecule has 1 saturated heterocycles. The predicted molar refractivity (Wildman–Crippen MR) is 178 cm³/mol. The molecule has 15 heteroatoms. The zero-order chi connectivity index (χ0) is 35.5. The quantitative estimate of drug-likeness (QED) is 0.224. The van der Waals surface area contributed by atoms with Gasteiger partial charge in [-0.2, -0.15) is 13.2 Å². The number of nitrogens with zero attached hydrogens (tertiary/aromatic N) is 4. The lowest BCUT2D eigenvalue weighted by Gasteiger charge is -2.40. The lowest BCUT2D eigenvalue weighted by atomic mass is 9.88. The maximum Gasteiger partial charge on any atom is 0.493 e. The SMILES string of the molecule is CC(c1c[nH]c2ccccc12)C(C(=O)N1C[C@@H](CN(C)C)Cc2cc(Cl)ccc21)N(OC(=O)C(F)(F)F)C(=O)NCCCN1CCCC1=O. The van der Waals surface area contributed by atoms with Gasteiger partial charge in [-0.25, -0.2) is 9.59 Å². The van der Waals surface area contributed by atoms with Crippen LogP contribution in [0.25, 0.3) is 10.9 Å². The lowest BCUT2D eigenvalue weighted by Crippen LogP contribution is -2.58. The number of carbonyl (C=O) groups excluding carboxylic acids is 4. The molecule has 0 aliphatic carbocycles. The van der Waals surface area contributed by atoms with E-state index in [1.54, 1.807) is 60.5 Å². The van der Waals surface area contributed by atoms with Crippen molar-refractivity contribution < 1.29 is 37.2 Å². The lowest BCUT2D eigenvalue weighted by molar-refractivity contribution is -0.233. The number of H-pyrrole nitrogens is 1. The number of anilines is 1. The van der Waals surface area contributed by atoms with E-state index in [1.165, 1.54) is 4.90 Å². The molecule has 3 heterocycles. The zero-order valence-electron chi connectivity index (χ0n) is 27.6. The molecule has 0 radical (unpaired) electrons. The van der Waals surface area contributed by atoms with Crippen molar-refractivity contribution in [2.75, 3.05) is 51.7 Å². The van der Waals surface area contributed by atoms with Crippen LogP contribution in [-0.4, -0.2) is 103 Å². The van der Waals surface area contributed by atoms with Gasteiger partial charge in [-0.1, -0.05) is 36.7 Å². The fourth-order valence-electron chi connectivity index (χ4n) is 6.73. The number of fused-ring (bicyclic) bond motifs is 2. The van der Waals surface area contributed by atoms with Crippen molar-refractivity contribution in [1.82, 2.24) is 25.2 Å². The number of hydrogen-bond donors (Lipinski definition) is 2. The molecule has 5 rings (SSSR count). The van der Waals surface area contributed by atoms with Gasteiger partial charge in [0.15, 0.2) is 6.04 Å². The molecule has 49 heavy (non-hydrogen) atoms. The maximum absolute atomic E-state index is 14.9. The minimum atomic E-state index is -5.46. The number of benzene rings is 2. The van der Waals surface area contributed by atoms with Crippen LogP contribution in [0.1, 0.15) is 43.2 Å². The number of halogens is 4. The van der Waals surface area contributed by atoms with E-state index in [0.29, 0.717) is 66.1 Å². The van der Waals surface area contributed by atoms with Crippen molar-refractivity contribution >= 4 is 52.0 Å². The number of hydrogen-bond acceptors (Lipinski definition) is 6. The smallest absolute Gasteiger partial charge is 0.361 e. The molecule has 264 valence electrons. The Morgan fingerprint density at radius 3 is 2.61 bits per heavy atom. The molecule has 11 nitrogen and oxygen atoms in total. The molecule has 0 bridgehead atoms. The molecule has 3 atom stereocenters. The number of nitrogens with one attached hydrogen (secondary N) is 2. The van der Waals surface area contributed by atoms with Crippen LogP contribution in [0.3, 0.4) is 0 Å². The Morgan fingerprint density at radius 1 is 1.16 bits per heavy atom. The molecule has 2 aliphatic heterocycles. The van der Waals surface area contributed by atoms with Gasteiger partial charge in [-0.05, 0) is 74.7 Å². The summed E-state index contributed by atoms with van der Waals surface area (Å²) < 4.78 is 41.1. The van der Waals surface area contributed by atoms with Crippen molar-refractivity contribution in [1.29, 1.82) is 0 Å². The van der Waals surface area contributed by atoms with E-state index < -0.39 is 36.0 Å². The first kappa shape index (κ1) is 36.0. The summed E-state index contributed by atoms with van der Waals surface area (Å²) in [6.45, 7) is 3.23. The second kappa shape index (κ2) is 15.1. The molecular weight excluding hydrogens is 665 g/mol. The number of urea groups is 1. The summed E-state index contributed by atoms with van der Waals surface area (Å²) in [5, 5.41) is 3.89. The Morgan fingerprint density at radius 2 is 1.92 bits per heavy atom. The van der Waals surface area contributed by atoms with Gasteiger partial charge in [0.05, 0.1) is 0 Å². The molecule has 1 aromatic heterocycles. The standard InChI is InChI=1S/C34H40ClF3N6O5/c1-21(26-18-40-27-9-5-4-8-25(26)27)30(31(46)43-20-22(19-41(2)3)16-23-17-24(35)11-12-28(23)43)44(49-32(47)34(36,37)38)33(48)39-13-7-15-42-14-6-10-29(42)45/h4-5,8-9,11-12,17-18,21-22,30,40H,6-7,10,13-16,19-20H2,1-3H3,(H,39,48)/t21?,22-,30?/m1/s1. The van der Waals surface area contributed by atoms with Crippen LogP contribution in [0.2, 0.25) is 5.02 Å². The summed E-state index contributed by atoms with van der Waals surface area (Å²) in [5.41, 5.74) is 2.50. The number of alkyl halides is 3. The third kappa shape index (κ3) is 8.30. The van der Waals surface area contributed by atoms with E-state index in [0.717, 1.165) is 12.0 Å². The topological polar surface area (TPSA) is 118 Å². The number of aromatic nitrogens is 1. The number of rotatable bonds is 10. The van der Waals surface area contributed by atoms with E-state index in [9.17, 15) is 32.3 Å². The van der Waals surface area contributed by atoms with Crippen molar-refractivity contribution in [3.63, 3.8) is 0 Å². The van der Waals surface area contributed by atoms with Gasteiger partial charge >= 0.3 is 18.2 Å². The molecule has 2 aliphatic rings. The van der Waals surface area contributed by atoms with Gasteiger partial charge in [0.2, 0.25) is 5.91 Å². The molecule has 1 fully saturated rings. The molecule has 4 amide bonds. The van der Waals surface area contributed by atoms with Gasteiger partial charge in [0, 0.05) is 72.9 Å². The number of amides is 4. The normalized spacial score (nSPS) is 17.6. The van der Waals surface area contributed by atoms with Crippen LogP contribution in [0.15, 0.2) is 48.7 Å². The second-order valence-corrected chi connectivity index (χ2v) is 13.3. The maximum atomic E-state index is 14.9. The third-order valence-electron chi connectivity index (χ3n) is 8.93. The van der Waals surface area contributed by atoms with Crippen molar-refractivity contribution in [2.24, 2.45) is 5.92 Å². The third-order valence-corrected chi connectivity index (χ3v) is 9.16. The Kier molecular flexibility index (Phi) is 11.1. The van der Waals surface area contributed by atoms with Gasteiger partial charge in [0.25, 0.3) is 5.91 Å². The molecule has 0 spiro atoms. The van der Waals surface area contributed by atoms with E-state index in [4.69, 9.17) is 16.4 Å². The summed E-state index contributed by atoms with van der Waals surface area (Å²) in [4.78, 5) is 66.1.